The van der Waals surface area contributed by atoms with Crippen LogP contribution >= 0.6 is 11.3 Å². The summed E-state index contributed by atoms with van der Waals surface area (Å²) in [5.41, 5.74) is 10.5. The highest BCUT2D eigenvalue weighted by molar-refractivity contribution is 7.18. The Kier molecular flexibility index (Phi) is 4.22. The van der Waals surface area contributed by atoms with Crippen molar-refractivity contribution in [1.29, 1.82) is 0 Å². The lowest BCUT2D eigenvalue weighted by Gasteiger charge is -2.31. The number of carbonyl (C=O) groups is 2. The Balaban J connectivity index is 2.21. The fourth-order valence-corrected chi connectivity index (χ4v) is 3.71. The smallest absolute Gasteiger partial charge is 0.390 e. The van der Waals surface area contributed by atoms with E-state index in [0.717, 1.165) is 11.3 Å². The second kappa shape index (κ2) is 5.54. The van der Waals surface area contributed by atoms with E-state index in [1.54, 1.807) is 6.92 Å². The topological polar surface area (TPSA) is 95.4 Å². The van der Waals surface area contributed by atoms with E-state index in [4.69, 9.17) is 11.5 Å². The molecule has 0 radical (unpaired) electrons. The lowest BCUT2D eigenvalue weighted by Crippen LogP contribution is -2.38. The molecular weight excluding hydrogens is 321 g/mol. The number of ketones is 1. The first-order chi connectivity index (χ1) is 10.1. The quantitative estimate of drug-likeness (QED) is 0.880. The summed E-state index contributed by atoms with van der Waals surface area (Å²) in [5.74, 6) is -1.07. The van der Waals surface area contributed by atoms with E-state index < -0.39 is 24.1 Å². The number of hydrogen-bond donors (Lipinski definition) is 2. The predicted molar refractivity (Wildman–Crippen MR) is 74.9 cm³/mol. The van der Waals surface area contributed by atoms with Crippen LogP contribution in [0.25, 0.3) is 0 Å². The number of hydrogen-bond acceptors (Lipinski definition) is 5. The number of amides is 1. The number of nitrogens with two attached hydrogens (primary N) is 2. The third-order valence-corrected chi connectivity index (χ3v) is 4.71. The van der Waals surface area contributed by atoms with Crippen molar-refractivity contribution in [2.45, 2.75) is 25.9 Å². The van der Waals surface area contributed by atoms with Gasteiger partial charge in [-0.1, -0.05) is 6.92 Å². The number of carbonyl (C=O) groups excluding carboxylic acids is 2. The molecule has 1 atom stereocenters. The Hall–Kier alpha value is -1.61. The third-order valence-electron chi connectivity index (χ3n) is 3.65. The van der Waals surface area contributed by atoms with E-state index in [1.165, 1.54) is 0 Å². The van der Waals surface area contributed by atoms with Crippen molar-refractivity contribution < 1.29 is 27.5 Å². The summed E-state index contributed by atoms with van der Waals surface area (Å²) in [5, 5.41) is 0.159. The molecule has 0 fully saturated rings. The van der Waals surface area contributed by atoms with Gasteiger partial charge in [-0.25, -0.2) is 0 Å². The first-order valence-electron chi connectivity index (χ1n) is 6.45. The molecule has 4 N–H and O–H groups in total. The molecule has 9 heteroatoms. The summed E-state index contributed by atoms with van der Waals surface area (Å²) < 4.78 is 41.1. The maximum absolute atomic E-state index is 12.5. The van der Waals surface area contributed by atoms with E-state index in [-0.39, 0.29) is 34.3 Å². The van der Waals surface area contributed by atoms with Gasteiger partial charge in [-0.3, -0.25) is 9.59 Å². The van der Waals surface area contributed by atoms with Gasteiger partial charge >= 0.3 is 6.18 Å². The van der Waals surface area contributed by atoms with E-state index >= 15 is 0 Å². The molecule has 1 amide bonds. The highest BCUT2D eigenvalue weighted by Crippen LogP contribution is 2.43. The van der Waals surface area contributed by atoms with Crippen LogP contribution in [0.3, 0.4) is 0 Å². The third kappa shape index (κ3) is 3.09. The monoisotopic (exact) mass is 336 g/mol. The Labute approximate surface area is 128 Å². The summed E-state index contributed by atoms with van der Waals surface area (Å²) in [6.45, 7) is -0.190. The Morgan fingerprint density at radius 2 is 2.09 bits per heavy atom. The highest BCUT2D eigenvalue weighted by atomic mass is 32.1. The van der Waals surface area contributed by atoms with Gasteiger partial charge in [0, 0.05) is 0 Å². The summed E-state index contributed by atoms with van der Waals surface area (Å²) in [6.07, 6.45) is -3.82. The van der Waals surface area contributed by atoms with Gasteiger partial charge in [-0.15, -0.1) is 11.3 Å². The molecule has 1 aliphatic rings. The van der Waals surface area contributed by atoms with Crippen molar-refractivity contribution in [2.24, 2.45) is 11.1 Å². The first-order valence-corrected chi connectivity index (χ1v) is 7.27. The number of fused-ring (bicyclic) bond motifs is 1. The summed E-state index contributed by atoms with van der Waals surface area (Å²) in [4.78, 5) is 24.2. The largest absolute Gasteiger partial charge is 0.411 e. The van der Waals surface area contributed by atoms with Gasteiger partial charge in [0.2, 0.25) is 0 Å². The minimum atomic E-state index is -4.44. The summed E-state index contributed by atoms with van der Waals surface area (Å²) in [6, 6.07) is 0. The van der Waals surface area contributed by atoms with Gasteiger partial charge < -0.3 is 16.2 Å². The van der Waals surface area contributed by atoms with Crippen LogP contribution in [-0.2, 0) is 11.2 Å². The van der Waals surface area contributed by atoms with Crippen molar-refractivity contribution in [3.8, 4) is 0 Å². The molecule has 22 heavy (non-hydrogen) atoms. The lowest BCUT2D eigenvalue weighted by atomic mass is 9.74. The van der Waals surface area contributed by atoms with Gasteiger partial charge in [-0.05, 0) is 18.4 Å². The fourth-order valence-electron chi connectivity index (χ4n) is 2.50. The number of rotatable bonds is 4. The molecule has 1 aromatic rings. The van der Waals surface area contributed by atoms with Crippen molar-refractivity contribution in [3.05, 3.63) is 16.0 Å². The summed E-state index contributed by atoms with van der Waals surface area (Å²) in [7, 11) is 0. The number of primary amides is 1. The lowest BCUT2D eigenvalue weighted by molar-refractivity contribution is -0.178. The second-order valence-corrected chi connectivity index (χ2v) is 6.56. The molecular formula is C13H15F3N2O3S. The average Bonchev–Trinajstić information content (AvgIpc) is 2.70. The van der Waals surface area contributed by atoms with Crippen LogP contribution in [0, 0.1) is 5.41 Å². The molecule has 0 aromatic carbocycles. The molecule has 122 valence electrons. The molecule has 0 saturated carbocycles. The summed E-state index contributed by atoms with van der Waals surface area (Å²) >= 11 is 0.944. The van der Waals surface area contributed by atoms with Gasteiger partial charge in [0.05, 0.1) is 27.5 Å². The maximum atomic E-state index is 12.5. The van der Waals surface area contributed by atoms with Crippen LogP contribution in [-0.4, -0.2) is 31.1 Å². The van der Waals surface area contributed by atoms with E-state index in [1.807, 2.05) is 0 Å². The van der Waals surface area contributed by atoms with Crippen molar-refractivity contribution in [2.75, 3.05) is 18.9 Å². The van der Waals surface area contributed by atoms with Crippen molar-refractivity contribution in [1.82, 2.24) is 0 Å². The van der Waals surface area contributed by atoms with E-state index in [2.05, 4.69) is 4.74 Å². The average molecular weight is 336 g/mol. The molecule has 0 aliphatic heterocycles. The number of anilines is 1. The second-order valence-electron chi connectivity index (χ2n) is 5.51. The molecule has 0 spiro atoms. The van der Waals surface area contributed by atoms with Crippen LogP contribution in [0.2, 0.25) is 0 Å². The Morgan fingerprint density at radius 3 is 2.64 bits per heavy atom. The van der Waals surface area contributed by atoms with Gasteiger partial charge in [0.15, 0.2) is 5.78 Å². The molecule has 0 bridgehead atoms. The van der Waals surface area contributed by atoms with Crippen LogP contribution < -0.4 is 11.5 Å². The van der Waals surface area contributed by atoms with E-state index in [0.29, 0.717) is 12.0 Å². The minimum Gasteiger partial charge on any atom is -0.390 e. The molecule has 1 heterocycles. The fraction of sp³-hybridized carbons (Fsp3) is 0.538. The number of ether oxygens (including phenoxy) is 1. The van der Waals surface area contributed by atoms with Crippen LogP contribution in [0.15, 0.2) is 0 Å². The van der Waals surface area contributed by atoms with Gasteiger partial charge in [-0.2, -0.15) is 13.2 Å². The number of thiophene rings is 1. The Morgan fingerprint density at radius 1 is 1.45 bits per heavy atom. The van der Waals surface area contributed by atoms with Crippen LogP contribution in [0.1, 0.15) is 38.9 Å². The number of nitrogen functional groups attached to an aromatic ring is 1. The molecule has 1 unspecified atom stereocenters. The first kappa shape index (κ1) is 16.8. The van der Waals surface area contributed by atoms with Gasteiger partial charge in [0.25, 0.3) is 5.91 Å². The van der Waals surface area contributed by atoms with E-state index in [9.17, 15) is 22.8 Å². The molecule has 2 rings (SSSR count). The molecule has 1 aliphatic carbocycles. The Bertz CT molecular complexity index is 627. The molecule has 5 nitrogen and oxygen atoms in total. The molecule has 0 saturated heterocycles. The predicted octanol–water partition coefficient (Wildman–Crippen LogP) is 2.14. The number of alkyl halides is 3. The van der Waals surface area contributed by atoms with Crippen molar-refractivity contribution >= 4 is 28.0 Å². The zero-order valence-electron chi connectivity index (χ0n) is 11.8. The minimum absolute atomic E-state index is 0.145. The van der Waals surface area contributed by atoms with Gasteiger partial charge in [0.1, 0.15) is 6.61 Å². The zero-order chi connectivity index (χ0) is 16.7. The number of Topliss-reactive ketones (excluding diaryl/α,β-unsaturated/α-hetero) is 1. The highest BCUT2D eigenvalue weighted by Gasteiger charge is 2.42. The maximum Gasteiger partial charge on any atom is 0.411 e. The zero-order valence-corrected chi connectivity index (χ0v) is 12.6. The van der Waals surface area contributed by atoms with Crippen LogP contribution in [0.5, 0.6) is 0 Å². The molecule has 1 aromatic heterocycles. The van der Waals surface area contributed by atoms with Crippen molar-refractivity contribution in [3.63, 3.8) is 0 Å². The standard InChI is InChI=1S/C13H15F3N2O3S/c1-12(4-21-5-13(14,15)16)3-2-6-7(10(17)20)11(18)22-8(6)9(12)19/h2-5,18H2,1H3,(H2,17,20). The van der Waals surface area contributed by atoms with Crippen LogP contribution in [0.4, 0.5) is 18.2 Å². The normalized spacial score (nSPS) is 21.7. The number of halogens is 3. The SMILES string of the molecule is CC1(COCC(F)(F)F)CCc2c(sc(N)c2C(N)=O)C1=O.